The van der Waals surface area contributed by atoms with E-state index in [9.17, 15) is 21.6 Å². The van der Waals surface area contributed by atoms with Gasteiger partial charge in [-0.3, -0.25) is 9.52 Å². The smallest absolute Gasteiger partial charge is 0.261 e. The zero-order valence-corrected chi connectivity index (χ0v) is 15.7. The van der Waals surface area contributed by atoms with Crippen LogP contribution in [0, 0.1) is 0 Å². The van der Waals surface area contributed by atoms with Crippen molar-refractivity contribution in [3.63, 3.8) is 0 Å². The van der Waals surface area contributed by atoms with Crippen LogP contribution in [-0.4, -0.2) is 41.1 Å². The van der Waals surface area contributed by atoms with E-state index in [1.807, 2.05) is 0 Å². The van der Waals surface area contributed by atoms with Crippen LogP contribution in [0.4, 0.5) is 11.4 Å². The highest BCUT2D eigenvalue weighted by molar-refractivity contribution is 7.92. The summed E-state index contributed by atoms with van der Waals surface area (Å²) in [5.41, 5.74) is 1.45. The van der Waals surface area contributed by atoms with Crippen molar-refractivity contribution in [3.8, 4) is 0 Å². The van der Waals surface area contributed by atoms with Crippen molar-refractivity contribution in [2.75, 3.05) is 24.1 Å². The molecule has 1 heterocycles. The van der Waals surface area contributed by atoms with E-state index in [0.29, 0.717) is 11.3 Å². The standard InChI is InChI=1S/C16H17N3O5S2/c1-19(2)26(23,24)13-5-3-12(4-6-13)18-25(21,22)14-7-8-15-11(9-14)10-16(20)17-15/h3-9,18H,10H2,1-2H3,(H,17,20). The Morgan fingerprint density at radius 3 is 2.19 bits per heavy atom. The highest BCUT2D eigenvalue weighted by atomic mass is 32.2. The van der Waals surface area contributed by atoms with Crippen molar-refractivity contribution in [2.24, 2.45) is 0 Å². The van der Waals surface area contributed by atoms with Crippen molar-refractivity contribution < 1.29 is 21.6 Å². The van der Waals surface area contributed by atoms with Crippen LogP contribution in [0.1, 0.15) is 5.56 Å². The molecule has 0 radical (unpaired) electrons. The van der Waals surface area contributed by atoms with Gasteiger partial charge in [0.05, 0.1) is 16.2 Å². The minimum atomic E-state index is -3.87. The summed E-state index contributed by atoms with van der Waals surface area (Å²) in [4.78, 5) is 11.5. The number of carbonyl (C=O) groups is 1. The number of sulfonamides is 2. The molecule has 0 aromatic heterocycles. The van der Waals surface area contributed by atoms with Gasteiger partial charge in [-0.2, -0.15) is 0 Å². The lowest BCUT2D eigenvalue weighted by atomic mass is 10.2. The van der Waals surface area contributed by atoms with Gasteiger partial charge in [0, 0.05) is 25.5 Å². The molecule has 0 spiro atoms. The predicted octanol–water partition coefficient (Wildman–Crippen LogP) is 1.23. The maximum Gasteiger partial charge on any atom is 0.261 e. The topological polar surface area (TPSA) is 113 Å². The quantitative estimate of drug-likeness (QED) is 0.791. The van der Waals surface area contributed by atoms with Crippen LogP contribution in [-0.2, 0) is 31.3 Å². The number of hydrogen-bond acceptors (Lipinski definition) is 5. The monoisotopic (exact) mass is 395 g/mol. The molecule has 0 unspecified atom stereocenters. The summed E-state index contributed by atoms with van der Waals surface area (Å²) in [7, 11) is -4.62. The minimum Gasteiger partial charge on any atom is -0.326 e. The number of amides is 1. The fourth-order valence-electron chi connectivity index (χ4n) is 2.49. The zero-order valence-electron chi connectivity index (χ0n) is 14.1. The molecule has 1 aliphatic rings. The molecule has 138 valence electrons. The maximum absolute atomic E-state index is 12.5. The number of carbonyl (C=O) groups excluding carboxylic acids is 1. The summed E-state index contributed by atoms with van der Waals surface area (Å²) in [5, 5.41) is 2.64. The van der Waals surface area contributed by atoms with E-state index in [0.717, 1.165) is 4.31 Å². The Bertz CT molecular complexity index is 1080. The molecule has 1 amide bonds. The van der Waals surface area contributed by atoms with Gasteiger partial charge in [-0.05, 0) is 48.0 Å². The number of nitrogens with zero attached hydrogens (tertiary/aromatic N) is 1. The van der Waals surface area contributed by atoms with Crippen LogP contribution >= 0.6 is 0 Å². The fraction of sp³-hybridized carbons (Fsp3) is 0.188. The van der Waals surface area contributed by atoms with E-state index in [4.69, 9.17) is 0 Å². The Kier molecular flexibility index (Phi) is 4.51. The van der Waals surface area contributed by atoms with Crippen LogP contribution in [0.3, 0.4) is 0 Å². The lowest BCUT2D eigenvalue weighted by Gasteiger charge is -2.13. The fourth-order valence-corrected chi connectivity index (χ4v) is 4.50. The summed E-state index contributed by atoms with van der Waals surface area (Å²) in [6, 6.07) is 9.81. The summed E-state index contributed by atoms with van der Waals surface area (Å²) in [6.07, 6.45) is 0.135. The lowest BCUT2D eigenvalue weighted by molar-refractivity contribution is -0.115. The summed E-state index contributed by atoms with van der Waals surface area (Å²) in [6.45, 7) is 0. The Labute approximate surface area is 151 Å². The third kappa shape index (κ3) is 3.43. The normalized spacial score (nSPS) is 14.2. The molecule has 8 nitrogen and oxygen atoms in total. The van der Waals surface area contributed by atoms with Gasteiger partial charge in [0.25, 0.3) is 10.0 Å². The predicted molar refractivity (Wildman–Crippen MR) is 96.9 cm³/mol. The highest BCUT2D eigenvalue weighted by Crippen LogP contribution is 2.27. The molecule has 0 bridgehead atoms. The maximum atomic E-state index is 12.5. The van der Waals surface area contributed by atoms with E-state index in [1.165, 1.54) is 50.5 Å². The molecule has 0 aliphatic carbocycles. The summed E-state index contributed by atoms with van der Waals surface area (Å²) >= 11 is 0. The number of anilines is 2. The molecule has 2 aromatic carbocycles. The molecule has 0 atom stereocenters. The van der Waals surface area contributed by atoms with Gasteiger partial charge in [-0.25, -0.2) is 21.1 Å². The van der Waals surface area contributed by atoms with Crippen LogP contribution in [0.25, 0.3) is 0 Å². The van der Waals surface area contributed by atoms with Crippen LogP contribution in [0.2, 0.25) is 0 Å². The second-order valence-electron chi connectivity index (χ2n) is 5.96. The van der Waals surface area contributed by atoms with Crippen molar-refractivity contribution in [1.29, 1.82) is 0 Å². The number of rotatable bonds is 5. The van der Waals surface area contributed by atoms with Gasteiger partial charge in [-0.15, -0.1) is 0 Å². The summed E-state index contributed by atoms with van der Waals surface area (Å²) in [5.74, 6) is -0.180. The van der Waals surface area contributed by atoms with Crippen molar-refractivity contribution >= 4 is 37.3 Å². The molecule has 0 saturated carbocycles. The lowest BCUT2D eigenvalue weighted by Crippen LogP contribution is -2.22. The highest BCUT2D eigenvalue weighted by Gasteiger charge is 2.22. The molecule has 0 saturated heterocycles. The molecule has 2 N–H and O–H groups in total. The number of hydrogen-bond donors (Lipinski definition) is 2. The average Bonchev–Trinajstić information content (AvgIpc) is 2.94. The Balaban J connectivity index is 1.85. The van der Waals surface area contributed by atoms with E-state index >= 15 is 0 Å². The van der Waals surface area contributed by atoms with Gasteiger partial charge in [0.15, 0.2) is 0 Å². The van der Waals surface area contributed by atoms with Gasteiger partial charge in [0.1, 0.15) is 0 Å². The molecule has 0 fully saturated rings. The molecular weight excluding hydrogens is 378 g/mol. The largest absolute Gasteiger partial charge is 0.326 e. The van der Waals surface area contributed by atoms with Crippen LogP contribution in [0.5, 0.6) is 0 Å². The van der Waals surface area contributed by atoms with E-state index in [2.05, 4.69) is 10.0 Å². The first-order valence-corrected chi connectivity index (χ1v) is 10.5. The Morgan fingerprint density at radius 2 is 1.58 bits per heavy atom. The second-order valence-corrected chi connectivity index (χ2v) is 9.80. The number of fused-ring (bicyclic) bond motifs is 1. The van der Waals surface area contributed by atoms with Crippen LogP contribution < -0.4 is 10.0 Å². The summed E-state index contributed by atoms with van der Waals surface area (Å²) < 4.78 is 52.6. The van der Waals surface area contributed by atoms with Crippen molar-refractivity contribution in [1.82, 2.24) is 4.31 Å². The van der Waals surface area contributed by atoms with E-state index < -0.39 is 20.0 Å². The molecule has 2 aromatic rings. The minimum absolute atomic E-state index is 0.0257. The third-order valence-electron chi connectivity index (χ3n) is 3.90. The SMILES string of the molecule is CN(C)S(=O)(=O)c1ccc(NS(=O)(=O)c2ccc3c(c2)CC(=O)N3)cc1. The first-order valence-electron chi connectivity index (χ1n) is 7.58. The Morgan fingerprint density at radius 1 is 0.962 bits per heavy atom. The number of benzene rings is 2. The van der Waals surface area contributed by atoms with E-state index in [-0.39, 0.29) is 27.8 Å². The van der Waals surface area contributed by atoms with Crippen LogP contribution in [0.15, 0.2) is 52.3 Å². The molecule has 3 rings (SSSR count). The van der Waals surface area contributed by atoms with Gasteiger partial charge in [0.2, 0.25) is 15.9 Å². The molecular formula is C16H17N3O5S2. The third-order valence-corrected chi connectivity index (χ3v) is 7.11. The van der Waals surface area contributed by atoms with Gasteiger partial charge >= 0.3 is 0 Å². The first-order chi connectivity index (χ1) is 12.1. The van der Waals surface area contributed by atoms with Crippen molar-refractivity contribution in [2.45, 2.75) is 16.2 Å². The number of nitrogens with one attached hydrogen (secondary N) is 2. The van der Waals surface area contributed by atoms with E-state index in [1.54, 1.807) is 6.07 Å². The molecule has 26 heavy (non-hydrogen) atoms. The molecule has 1 aliphatic heterocycles. The average molecular weight is 395 g/mol. The zero-order chi connectivity index (χ0) is 19.1. The second kappa shape index (κ2) is 6.38. The van der Waals surface area contributed by atoms with Gasteiger partial charge < -0.3 is 5.32 Å². The van der Waals surface area contributed by atoms with Crippen molar-refractivity contribution in [3.05, 3.63) is 48.0 Å². The first kappa shape index (κ1) is 18.4. The van der Waals surface area contributed by atoms with Gasteiger partial charge in [-0.1, -0.05) is 0 Å². The molecule has 10 heteroatoms. The Hall–Kier alpha value is -2.43.